The Morgan fingerprint density at radius 3 is 2.22 bits per heavy atom. The Balaban J connectivity index is 3.65. The minimum atomic E-state index is -0.928. The van der Waals surface area contributed by atoms with Gasteiger partial charge in [0, 0.05) is 6.42 Å². The molecule has 0 aliphatic carbocycles. The van der Waals surface area contributed by atoms with Crippen LogP contribution in [0.4, 0.5) is 0 Å². The maximum Gasteiger partial charge on any atom is 0.307 e. The summed E-state index contributed by atoms with van der Waals surface area (Å²) in [5.41, 5.74) is 0. The molecule has 18 heavy (non-hydrogen) atoms. The van der Waals surface area contributed by atoms with Crippen molar-refractivity contribution < 1.29 is 20.0 Å². The van der Waals surface area contributed by atoms with Crippen LogP contribution in [0, 0.1) is 11.3 Å². The topological polar surface area (TPSA) is 90.6 Å². The van der Waals surface area contributed by atoms with Crippen LogP contribution in [0.3, 0.4) is 0 Å². The lowest BCUT2D eigenvalue weighted by molar-refractivity contribution is -0.160. The van der Waals surface area contributed by atoms with Gasteiger partial charge in [-0.25, -0.2) is 5.26 Å². The highest BCUT2D eigenvalue weighted by Crippen LogP contribution is 2.16. The fourth-order valence-electron chi connectivity index (χ4n) is 1.92. The van der Waals surface area contributed by atoms with Crippen molar-refractivity contribution in [2.45, 2.75) is 64.7 Å². The van der Waals surface area contributed by atoms with Gasteiger partial charge in [0.1, 0.15) is 0 Å². The number of carboxylic acids is 1. The van der Waals surface area contributed by atoms with Crippen molar-refractivity contribution in [1.29, 1.82) is 5.41 Å². The summed E-state index contributed by atoms with van der Waals surface area (Å²) in [7, 11) is 0. The molecule has 0 saturated heterocycles. The number of carboxylic acid groups (broad SMARTS) is 1. The van der Waals surface area contributed by atoms with Gasteiger partial charge in [-0.05, 0) is 6.42 Å². The first-order valence-electron chi connectivity index (χ1n) is 6.73. The third-order valence-electron chi connectivity index (χ3n) is 3.05. The lowest BCUT2D eigenvalue weighted by atomic mass is 9.97. The normalized spacial score (nSPS) is 12.1. The van der Waals surface area contributed by atoms with E-state index in [4.69, 9.17) is 15.8 Å². The Kier molecular flexibility index (Phi) is 10.3. The molecule has 0 spiro atoms. The number of unbranched alkanes of at least 4 members (excludes halogenated alkanes) is 6. The number of nitrogens with one attached hydrogen (secondary N) is 1. The minimum Gasteiger partial charge on any atom is -0.481 e. The molecular weight excluding hydrogens is 234 g/mol. The standard InChI is InChI=1S/C13H25NO4/c1-2-3-4-5-6-7-8-9-11(13(15)16)10-12(14)18-17/h11,14,17H,2-10H2,1H3,(H,15,16). The molecule has 0 amide bonds. The molecule has 1 atom stereocenters. The average Bonchev–Trinajstić information content (AvgIpc) is 2.35. The van der Waals surface area contributed by atoms with Crippen LogP contribution in [-0.4, -0.2) is 22.2 Å². The molecule has 0 aromatic carbocycles. The second-order valence-corrected chi connectivity index (χ2v) is 4.66. The second-order valence-electron chi connectivity index (χ2n) is 4.66. The van der Waals surface area contributed by atoms with E-state index in [0.29, 0.717) is 6.42 Å². The molecule has 0 aliphatic rings. The molecule has 0 aliphatic heterocycles. The first-order chi connectivity index (χ1) is 8.61. The Bertz CT molecular complexity index is 243. The molecule has 0 aromatic heterocycles. The number of carbonyl (C=O) groups is 1. The lowest BCUT2D eigenvalue weighted by Gasteiger charge is -2.11. The highest BCUT2D eigenvalue weighted by Gasteiger charge is 2.19. The van der Waals surface area contributed by atoms with E-state index in [1.165, 1.54) is 25.7 Å². The molecule has 0 fully saturated rings. The smallest absolute Gasteiger partial charge is 0.307 e. The van der Waals surface area contributed by atoms with Gasteiger partial charge in [0.25, 0.3) is 0 Å². The molecule has 0 bridgehead atoms. The largest absolute Gasteiger partial charge is 0.481 e. The van der Waals surface area contributed by atoms with Crippen LogP contribution in [0.1, 0.15) is 64.7 Å². The molecule has 0 heterocycles. The quantitative estimate of drug-likeness (QED) is 0.173. The van der Waals surface area contributed by atoms with E-state index in [9.17, 15) is 4.79 Å². The Morgan fingerprint density at radius 1 is 1.17 bits per heavy atom. The maximum absolute atomic E-state index is 10.9. The van der Waals surface area contributed by atoms with Crippen LogP contribution >= 0.6 is 0 Å². The van der Waals surface area contributed by atoms with Crippen molar-refractivity contribution in [2.75, 3.05) is 0 Å². The summed E-state index contributed by atoms with van der Waals surface area (Å²) >= 11 is 0. The third kappa shape index (κ3) is 8.98. The molecule has 3 N–H and O–H groups in total. The van der Waals surface area contributed by atoms with Gasteiger partial charge in [-0.2, -0.15) is 0 Å². The molecule has 0 saturated carbocycles. The monoisotopic (exact) mass is 259 g/mol. The van der Waals surface area contributed by atoms with Gasteiger partial charge < -0.3 is 9.99 Å². The van der Waals surface area contributed by atoms with Crippen LogP contribution < -0.4 is 0 Å². The van der Waals surface area contributed by atoms with Crippen LogP contribution in [0.2, 0.25) is 0 Å². The van der Waals surface area contributed by atoms with E-state index < -0.39 is 11.9 Å². The Morgan fingerprint density at radius 2 is 1.72 bits per heavy atom. The SMILES string of the molecule is CCCCCCCCCC(CC(=N)OO)C(=O)O. The summed E-state index contributed by atoms with van der Waals surface area (Å²) in [4.78, 5) is 14.6. The van der Waals surface area contributed by atoms with Crippen molar-refractivity contribution >= 4 is 11.9 Å². The number of rotatable bonds is 11. The zero-order valence-electron chi connectivity index (χ0n) is 11.2. The van der Waals surface area contributed by atoms with Gasteiger partial charge in [0.2, 0.25) is 5.90 Å². The number of hydrogen-bond acceptors (Lipinski definition) is 4. The van der Waals surface area contributed by atoms with Crippen LogP contribution in [0.5, 0.6) is 0 Å². The third-order valence-corrected chi connectivity index (χ3v) is 3.05. The van der Waals surface area contributed by atoms with Gasteiger partial charge >= 0.3 is 5.97 Å². The van der Waals surface area contributed by atoms with Crippen LogP contribution in [0.15, 0.2) is 0 Å². The van der Waals surface area contributed by atoms with Crippen LogP contribution in [-0.2, 0) is 9.68 Å². The van der Waals surface area contributed by atoms with E-state index >= 15 is 0 Å². The van der Waals surface area contributed by atoms with Crippen molar-refractivity contribution in [2.24, 2.45) is 5.92 Å². The van der Waals surface area contributed by atoms with Crippen molar-refractivity contribution in [3.63, 3.8) is 0 Å². The minimum absolute atomic E-state index is 0.0400. The molecule has 5 nitrogen and oxygen atoms in total. The second kappa shape index (κ2) is 11.0. The summed E-state index contributed by atoms with van der Waals surface area (Å²) in [5.74, 6) is -1.94. The van der Waals surface area contributed by atoms with E-state index in [-0.39, 0.29) is 12.3 Å². The van der Waals surface area contributed by atoms with Gasteiger partial charge in [-0.1, -0.05) is 51.9 Å². The highest BCUT2D eigenvalue weighted by atomic mass is 17.1. The zero-order valence-corrected chi connectivity index (χ0v) is 11.2. The van der Waals surface area contributed by atoms with Gasteiger partial charge in [-0.3, -0.25) is 10.2 Å². The summed E-state index contributed by atoms with van der Waals surface area (Å²) in [6.07, 6.45) is 8.47. The molecular formula is C13H25NO4. The average molecular weight is 259 g/mol. The van der Waals surface area contributed by atoms with Crippen LogP contribution in [0.25, 0.3) is 0 Å². The van der Waals surface area contributed by atoms with Crippen molar-refractivity contribution in [1.82, 2.24) is 0 Å². The zero-order chi connectivity index (χ0) is 13.8. The van der Waals surface area contributed by atoms with Gasteiger partial charge in [0.15, 0.2) is 0 Å². The first kappa shape index (κ1) is 16.9. The Hall–Kier alpha value is -1.10. The Labute approximate surface area is 109 Å². The van der Waals surface area contributed by atoms with Crippen molar-refractivity contribution in [3.8, 4) is 0 Å². The van der Waals surface area contributed by atoms with Gasteiger partial charge in [0.05, 0.1) is 5.92 Å². The highest BCUT2D eigenvalue weighted by molar-refractivity contribution is 5.79. The fraction of sp³-hybridized carbons (Fsp3) is 0.846. The summed E-state index contributed by atoms with van der Waals surface area (Å²) in [5, 5.41) is 24.3. The van der Waals surface area contributed by atoms with E-state index in [1.54, 1.807) is 0 Å². The molecule has 0 aromatic rings. The summed E-state index contributed by atoms with van der Waals surface area (Å²) < 4.78 is 0. The molecule has 5 heteroatoms. The summed E-state index contributed by atoms with van der Waals surface area (Å²) in [6, 6.07) is 0. The molecule has 1 unspecified atom stereocenters. The molecule has 0 rings (SSSR count). The van der Waals surface area contributed by atoms with Gasteiger partial charge in [-0.15, -0.1) is 0 Å². The first-order valence-corrected chi connectivity index (χ1v) is 6.73. The molecule has 106 valence electrons. The van der Waals surface area contributed by atoms with E-state index in [2.05, 4.69) is 11.8 Å². The lowest BCUT2D eigenvalue weighted by Crippen LogP contribution is -2.18. The molecule has 0 radical (unpaired) electrons. The predicted molar refractivity (Wildman–Crippen MR) is 69.8 cm³/mol. The summed E-state index contributed by atoms with van der Waals surface area (Å²) in [6.45, 7) is 2.18. The number of hydrogen-bond donors (Lipinski definition) is 3. The maximum atomic E-state index is 10.9. The predicted octanol–water partition coefficient (Wildman–Crippen LogP) is 3.68. The van der Waals surface area contributed by atoms with E-state index in [0.717, 1.165) is 19.3 Å². The van der Waals surface area contributed by atoms with E-state index in [1.807, 2.05) is 0 Å². The fourth-order valence-corrected chi connectivity index (χ4v) is 1.92. The number of aliphatic carboxylic acids is 1. The van der Waals surface area contributed by atoms with Crippen molar-refractivity contribution in [3.05, 3.63) is 0 Å².